The number of nitrogens with zero attached hydrogens (tertiary/aromatic N) is 10. The minimum atomic E-state index is -2.98. The summed E-state index contributed by atoms with van der Waals surface area (Å²) >= 11 is 0. The first-order chi connectivity index (χ1) is 38.3. The molecule has 13 aromatic rings. The number of benzene rings is 9. The Hall–Kier alpha value is -9.97. The highest BCUT2D eigenvalue weighted by Gasteiger charge is 2.41. The first kappa shape index (κ1) is 47.7. The van der Waals surface area contributed by atoms with E-state index >= 15 is 0 Å². The fourth-order valence-corrected chi connectivity index (χ4v) is 15.9. The summed E-state index contributed by atoms with van der Waals surface area (Å²) in [5.74, 6) is 5.61. The van der Waals surface area contributed by atoms with E-state index in [4.69, 9.17) is 34.9 Å². The van der Waals surface area contributed by atoms with Gasteiger partial charge in [-0.25, -0.2) is 44.9 Å². The SMILES string of the molecule is Cc1nc(C)nc(-c2ccc3c4ccc(-c5nc(C)nc(C)n5)cc4n(-c4ccc(-c5nc(-c6ccccc6)nc(-c6ccccc6)n5)c(-c5cccc([Si](c6ccccc6)(c6ccccc6)c6ccccc6)c5)c4)c3c2)n1. The third-order valence-electron chi connectivity index (χ3n) is 14.4. The molecule has 372 valence electrons. The summed E-state index contributed by atoms with van der Waals surface area (Å²) in [6, 6.07) is 82.2. The highest BCUT2D eigenvalue weighted by Crippen LogP contribution is 2.40. The molecule has 0 aliphatic rings. The van der Waals surface area contributed by atoms with Crippen LogP contribution in [0.1, 0.15) is 23.3 Å². The average molecular weight is 1020 g/mol. The molecule has 0 atom stereocenters. The van der Waals surface area contributed by atoms with E-state index in [0.29, 0.717) is 52.4 Å². The van der Waals surface area contributed by atoms with E-state index in [9.17, 15) is 0 Å². The van der Waals surface area contributed by atoms with Crippen molar-refractivity contribution in [1.82, 2.24) is 49.4 Å². The third-order valence-corrected chi connectivity index (χ3v) is 19.2. The van der Waals surface area contributed by atoms with E-state index in [2.05, 4.69) is 184 Å². The average Bonchev–Trinajstić information content (AvgIpc) is 4.03. The van der Waals surface area contributed by atoms with Crippen molar-refractivity contribution in [2.75, 3.05) is 0 Å². The first-order valence-corrected chi connectivity index (χ1v) is 28.0. The Balaban J connectivity index is 1.12. The van der Waals surface area contributed by atoms with E-state index in [1.807, 2.05) is 88.4 Å². The summed E-state index contributed by atoms with van der Waals surface area (Å²) in [5, 5.41) is 7.24. The lowest BCUT2D eigenvalue weighted by Gasteiger charge is -2.34. The molecule has 10 nitrogen and oxygen atoms in total. The Labute approximate surface area is 453 Å². The standard InChI is InChI=1S/C67H50N10Si/c1-43-68-44(2)71-65(70-43)50-33-36-57-58-37-34-51(66-72-45(3)69-46(4)73-66)41-62(58)77(61(57)40-50)52-35-38-59(67-75-63(47-21-10-5-11-22-47)74-64(76-67)48-23-12-6-13-24-48)60(42-52)49-25-20-32-56(39-49)78(53-26-14-7-15-27-53,54-28-16-8-17-29-54)55-30-18-9-19-31-55/h5-42H,1-4H3. The molecule has 4 aromatic heterocycles. The zero-order valence-electron chi connectivity index (χ0n) is 43.4. The molecule has 0 bridgehead atoms. The number of rotatable bonds is 11. The molecule has 11 heteroatoms. The summed E-state index contributed by atoms with van der Waals surface area (Å²) in [6.07, 6.45) is 0. The zero-order chi connectivity index (χ0) is 52.7. The number of aryl methyl sites for hydroxylation is 4. The van der Waals surface area contributed by atoms with Crippen molar-refractivity contribution >= 4 is 50.6 Å². The van der Waals surface area contributed by atoms with Crippen LogP contribution in [-0.2, 0) is 0 Å². The second kappa shape index (κ2) is 19.9. The quantitative estimate of drug-likeness (QED) is 0.0921. The molecule has 0 aliphatic carbocycles. The van der Waals surface area contributed by atoms with Crippen LogP contribution >= 0.6 is 0 Å². The number of hydrogen-bond donors (Lipinski definition) is 0. The van der Waals surface area contributed by atoms with E-state index in [0.717, 1.165) is 66.4 Å². The largest absolute Gasteiger partial charge is 0.309 e. The van der Waals surface area contributed by atoms with Crippen LogP contribution in [0.2, 0.25) is 0 Å². The molecule has 4 heterocycles. The summed E-state index contributed by atoms with van der Waals surface area (Å²) in [6.45, 7) is 7.62. The molecule has 0 fully saturated rings. The summed E-state index contributed by atoms with van der Waals surface area (Å²) in [4.78, 5) is 44.1. The molecule has 78 heavy (non-hydrogen) atoms. The van der Waals surface area contributed by atoms with Crippen LogP contribution in [-0.4, -0.2) is 57.5 Å². The Morgan fingerprint density at radius 1 is 0.269 bits per heavy atom. The van der Waals surface area contributed by atoms with E-state index in [-0.39, 0.29) is 0 Å². The van der Waals surface area contributed by atoms with Gasteiger partial charge in [0.15, 0.2) is 37.2 Å². The Bertz CT molecular complexity index is 4060. The van der Waals surface area contributed by atoms with Crippen LogP contribution in [0.5, 0.6) is 0 Å². The number of hydrogen-bond acceptors (Lipinski definition) is 9. The van der Waals surface area contributed by atoms with Crippen molar-refractivity contribution in [3.05, 3.63) is 254 Å². The molecular weight excluding hydrogens is 973 g/mol. The molecule has 9 aromatic carbocycles. The lowest BCUT2D eigenvalue weighted by Crippen LogP contribution is -2.74. The molecule has 0 saturated carbocycles. The Morgan fingerprint density at radius 2 is 0.654 bits per heavy atom. The second-order valence-corrected chi connectivity index (χ2v) is 23.3. The van der Waals surface area contributed by atoms with Gasteiger partial charge >= 0.3 is 0 Å². The van der Waals surface area contributed by atoms with Gasteiger partial charge in [0.2, 0.25) is 0 Å². The van der Waals surface area contributed by atoms with Crippen LogP contribution in [0.15, 0.2) is 231 Å². The summed E-state index contributed by atoms with van der Waals surface area (Å²) in [7, 11) is -2.98. The predicted molar refractivity (Wildman–Crippen MR) is 316 cm³/mol. The second-order valence-electron chi connectivity index (χ2n) is 19.5. The lowest BCUT2D eigenvalue weighted by atomic mass is 9.98. The first-order valence-electron chi connectivity index (χ1n) is 26.0. The zero-order valence-corrected chi connectivity index (χ0v) is 44.4. The van der Waals surface area contributed by atoms with Gasteiger partial charge in [-0.05, 0) is 89.9 Å². The molecule has 0 amide bonds. The molecular formula is C67H50N10Si. The molecule has 13 rings (SSSR count). The minimum Gasteiger partial charge on any atom is -0.309 e. The van der Waals surface area contributed by atoms with E-state index in [1.165, 1.54) is 20.7 Å². The predicted octanol–water partition coefficient (Wildman–Crippen LogP) is 12.0. The van der Waals surface area contributed by atoms with Gasteiger partial charge in [0.05, 0.1) is 11.0 Å². The summed E-state index contributed by atoms with van der Waals surface area (Å²) in [5.41, 5.74) is 9.26. The molecule has 0 N–H and O–H groups in total. The maximum absolute atomic E-state index is 5.35. The van der Waals surface area contributed by atoms with Crippen molar-refractivity contribution in [2.45, 2.75) is 27.7 Å². The topological polar surface area (TPSA) is 121 Å². The summed E-state index contributed by atoms with van der Waals surface area (Å²) < 4.78 is 2.34. The van der Waals surface area contributed by atoms with Crippen LogP contribution in [0.25, 0.3) is 95.6 Å². The van der Waals surface area contributed by atoms with Crippen molar-refractivity contribution in [3.8, 4) is 73.8 Å². The van der Waals surface area contributed by atoms with Crippen molar-refractivity contribution in [1.29, 1.82) is 0 Å². The number of aromatic nitrogens is 10. The molecule has 0 unspecified atom stereocenters. The van der Waals surface area contributed by atoms with E-state index < -0.39 is 8.07 Å². The van der Waals surface area contributed by atoms with Crippen LogP contribution < -0.4 is 20.7 Å². The van der Waals surface area contributed by atoms with Gasteiger partial charge in [0, 0.05) is 44.3 Å². The highest BCUT2D eigenvalue weighted by molar-refractivity contribution is 7.19. The van der Waals surface area contributed by atoms with Gasteiger partial charge < -0.3 is 4.57 Å². The van der Waals surface area contributed by atoms with Gasteiger partial charge in [-0.2, -0.15) is 0 Å². The number of fused-ring (bicyclic) bond motifs is 3. The van der Waals surface area contributed by atoms with Crippen LogP contribution in [0.4, 0.5) is 0 Å². The molecule has 0 saturated heterocycles. The van der Waals surface area contributed by atoms with Gasteiger partial charge in [-0.1, -0.05) is 200 Å². The molecule has 0 radical (unpaired) electrons. The highest BCUT2D eigenvalue weighted by atomic mass is 28.3. The third kappa shape index (κ3) is 8.71. The molecule has 0 aliphatic heterocycles. The van der Waals surface area contributed by atoms with E-state index in [1.54, 1.807) is 0 Å². The Morgan fingerprint density at radius 3 is 1.10 bits per heavy atom. The maximum atomic E-state index is 5.35. The molecule has 0 spiro atoms. The van der Waals surface area contributed by atoms with Crippen molar-refractivity contribution < 1.29 is 0 Å². The van der Waals surface area contributed by atoms with Gasteiger partial charge in [-0.3, -0.25) is 0 Å². The van der Waals surface area contributed by atoms with Gasteiger partial charge in [0.1, 0.15) is 23.3 Å². The van der Waals surface area contributed by atoms with Gasteiger partial charge in [-0.15, -0.1) is 0 Å². The maximum Gasteiger partial charge on any atom is 0.179 e. The fourth-order valence-electron chi connectivity index (χ4n) is 11.1. The van der Waals surface area contributed by atoms with Crippen molar-refractivity contribution in [3.63, 3.8) is 0 Å². The van der Waals surface area contributed by atoms with Crippen molar-refractivity contribution in [2.24, 2.45) is 0 Å². The Kier molecular flexibility index (Phi) is 12.2. The normalized spacial score (nSPS) is 11.6. The van der Waals surface area contributed by atoms with Gasteiger partial charge in [0.25, 0.3) is 0 Å². The smallest absolute Gasteiger partial charge is 0.179 e. The van der Waals surface area contributed by atoms with Crippen LogP contribution in [0, 0.1) is 27.7 Å². The van der Waals surface area contributed by atoms with Crippen LogP contribution in [0.3, 0.4) is 0 Å². The lowest BCUT2D eigenvalue weighted by molar-refractivity contribution is 0.928. The monoisotopic (exact) mass is 1020 g/mol. The fraction of sp³-hybridized carbons (Fsp3) is 0.0597. The minimum absolute atomic E-state index is 0.556.